The van der Waals surface area contributed by atoms with Crippen LogP contribution in [0, 0.1) is 5.82 Å². The molecule has 0 saturated heterocycles. The second-order valence-electron chi connectivity index (χ2n) is 6.65. The largest absolute Gasteiger partial charge is 0.472 e. The molecule has 1 heterocycles. The van der Waals surface area contributed by atoms with Crippen LogP contribution in [0.1, 0.15) is 30.0 Å². The lowest BCUT2D eigenvalue weighted by molar-refractivity contribution is 0.567. The van der Waals surface area contributed by atoms with E-state index in [1.165, 1.54) is 11.1 Å². The molecule has 1 aromatic heterocycles. The summed E-state index contributed by atoms with van der Waals surface area (Å²) >= 11 is 0. The van der Waals surface area contributed by atoms with Crippen LogP contribution in [0.5, 0.6) is 0 Å². The molecule has 0 aliphatic carbocycles. The normalized spacial score (nSPS) is 10.6. The summed E-state index contributed by atoms with van der Waals surface area (Å²) in [4.78, 5) is 0. The van der Waals surface area contributed by atoms with Gasteiger partial charge in [0.1, 0.15) is 5.82 Å². The molecule has 0 saturated carbocycles. The third-order valence-electron chi connectivity index (χ3n) is 4.93. The summed E-state index contributed by atoms with van der Waals surface area (Å²) in [5.74, 6) is -0.249. The van der Waals surface area contributed by atoms with Crippen molar-refractivity contribution in [3.63, 3.8) is 0 Å². The first-order chi connectivity index (χ1) is 13.8. The van der Waals surface area contributed by atoms with Gasteiger partial charge in [0.25, 0.3) is 0 Å². The Morgan fingerprint density at radius 3 is 1.96 bits per heavy atom. The first kappa shape index (κ1) is 18.0. The average molecular weight is 368 g/mol. The highest BCUT2D eigenvalue weighted by atomic mass is 19.1. The van der Waals surface area contributed by atoms with Gasteiger partial charge in [-0.1, -0.05) is 73.7 Å². The molecule has 1 nitrogen and oxygen atoms in total. The summed E-state index contributed by atoms with van der Waals surface area (Å²) in [6.45, 7) is 2.14. The van der Waals surface area contributed by atoms with Gasteiger partial charge in [-0.05, 0) is 52.5 Å². The molecule has 0 aliphatic rings. The highest BCUT2D eigenvalue weighted by Crippen LogP contribution is 2.36. The van der Waals surface area contributed by atoms with Crippen LogP contribution in [0.4, 0.5) is 4.39 Å². The van der Waals surface area contributed by atoms with E-state index in [0.29, 0.717) is 5.56 Å². The van der Waals surface area contributed by atoms with Crippen LogP contribution in [-0.2, 0) is 0 Å². The van der Waals surface area contributed by atoms with Gasteiger partial charge in [0.2, 0.25) is 0 Å². The van der Waals surface area contributed by atoms with Gasteiger partial charge in [0.15, 0.2) is 0 Å². The third-order valence-corrected chi connectivity index (χ3v) is 4.93. The Hall–Kier alpha value is -3.39. The van der Waals surface area contributed by atoms with E-state index in [9.17, 15) is 4.39 Å². The van der Waals surface area contributed by atoms with Crippen LogP contribution < -0.4 is 0 Å². The lowest BCUT2D eigenvalue weighted by atomic mass is 9.87. The van der Waals surface area contributed by atoms with Crippen LogP contribution in [0.3, 0.4) is 0 Å². The van der Waals surface area contributed by atoms with Crippen molar-refractivity contribution >= 4 is 11.1 Å². The molecule has 0 radical (unpaired) electrons. The van der Waals surface area contributed by atoms with Gasteiger partial charge < -0.3 is 4.42 Å². The summed E-state index contributed by atoms with van der Waals surface area (Å²) in [7, 11) is 0. The zero-order valence-electron chi connectivity index (χ0n) is 15.7. The van der Waals surface area contributed by atoms with Gasteiger partial charge in [0.05, 0.1) is 12.5 Å². The Bertz CT molecular complexity index is 1040. The molecule has 0 spiro atoms. The van der Waals surface area contributed by atoms with Gasteiger partial charge in [-0.3, -0.25) is 0 Å². The lowest BCUT2D eigenvalue weighted by Gasteiger charge is -2.17. The van der Waals surface area contributed by atoms with Crippen molar-refractivity contribution in [3.8, 4) is 11.1 Å². The van der Waals surface area contributed by atoms with Crippen LogP contribution >= 0.6 is 0 Å². The van der Waals surface area contributed by atoms with Gasteiger partial charge in [-0.25, -0.2) is 4.39 Å². The lowest BCUT2D eigenvalue weighted by Crippen LogP contribution is -1.96. The zero-order chi connectivity index (χ0) is 19.3. The maximum absolute atomic E-state index is 14.5. The average Bonchev–Trinajstić information content (AvgIpc) is 3.28. The molecular formula is C26H21FO. The first-order valence-corrected chi connectivity index (χ1v) is 9.44. The fourth-order valence-corrected chi connectivity index (χ4v) is 3.60. The quantitative estimate of drug-likeness (QED) is 0.333. The summed E-state index contributed by atoms with van der Waals surface area (Å²) in [6, 6.07) is 27.8. The van der Waals surface area contributed by atoms with Crippen molar-refractivity contribution in [3.05, 3.63) is 120 Å². The molecule has 2 heteroatoms. The molecule has 4 aromatic rings. The summed E-state index contributed by atoms with van der Waals surface area (Å²) in [5, 5.41) is 0. The molecule has 0 amide bonds. The summed E-state index contributed by atoms with van der Waals surface area (Å²) in [6.07, 6.45) is 3.97. The van der Waals surface area contributed by atoms with Gasteiger partial charge in [-0.2, -0.15) is 0 Å². The minimum atomic E-state index is -0.249. The van der Waals surface area contributed by atoms with Crippen LogP contribution in [0.15, 0.2) is 102 Å². The summed E-state index contributed by atoms with van der Waals surface area (Å²) in [5.41, 5.74) is 6.98. The zero-order valence-corrected chi connectivity index (χ0v) is 15.7. The molecule has 4 rings (SSSR count). The Morgan fingerprint density at radius 2 is 1.43 bits per heavy atom. The van der Waals surface area contributed by atoms with E-state index in [2.05, 4.69) is 31.2 Å². The number of rotatable bonds is 5. The molecular weight excluding hydrogens is 347 g/mol. The SMILES string of the molecule is CCC(=C(c1ccccc1)c1ccccc1)c1ccc(F)c(-c2ccoc2)c1. The number of hydrogen-bond acceptors (Lipinski definition) is 1. The number of halogens is 1. The van der Waals surface area contributed by atoms with Crippen molar-refractivity contribution in [2.45, 2.75) is 13.3 Å². The standard InChI is InChI=1S/C26H21FO/c1-2-23(21-13-14-25(27)24(17-21)22-15-16-28-18-22)26(19-9-5-3-6-10-19)20-11-7-4-8-12-20/h3-18H,2H2,1H3. The van der Waals surface area contributed by atoms with Crippen molar-refractivity contribution in [2.24, 2.45) is 0 Å². The second kappa shape index (κ2) is 8.10. The molecule has 3 aromatic carbocycles. The van der Waals surface area contributed by atoms with Crippen LogP contribution in [0.2, 0.25) is 0 Å². The van der Waals surface area contributed by atoms with E-state index in [0.717, 1.165) is 28.7 Å². The Balaban J connectivity index is 1.96. The molecule has 0 bridgehead atoms. The van der Waals surface area contributed by atoms with Crippen molar-refractivity contribution < 1.29 is 8.81 Å². The third kappa shape index (κ3) is 3.54. The fourth-order valence-electron chi connectivity index (χ4n) is 3.60. The van der Waals surface area contributed by atoms with Crippen LogP contribution in [0.25, 0.3) is 22.3 Å². The predicted molar refractivity (Wildman–Crippen MR) is 113 cm³/mol. The van der Waals surface area contributed by atoms with E-state index in [1.807, 2.05) is 48.5 Å². The van der Waals surface area contributed by atoms with E-state index in [-0.39, 0.29) is 5.82 Å². The number of furan rings is 1. The Morgan fingerprint density at radius 1 is 0.786 bits per heavy atom. The van der Waals surface area contributed by atoms with Crippen molar-refractivity contribution in [1.29, 1.82) is 0 Å². The Kier molecular flexibility index (Phi) is 5.20. The maximum atomic E-state index is 14.5. The second-order valence-corrected chi connectivity index (χ2v) is 6.65. The highest BCUT2D eigenvalue weighted by molar-refractivity contribution is 5.99. The number of benzene rings is 3. The molecule has 0 atom stereocenters. The summed E-state index contributed by atoms with van der Waals surface area (Å²) < 4.78 is 19.6. The monoisotopic (exact) mass is 368 g/mol. The number of allylic oxidation sites excluding steroid dienone is 1. The van der Waals surface area contributed by atoms with Crippen molar-refractivity contribution in [1.82, 2.24) is 0 Å². The van der Waals surface area contributed by atoms with Gasteiger partial charge in [0, 0.05) is 11.1 Å². The molecule has 0 unspecified atom stereocenters. The van der Waals surface area contributed by atoms with E-state index in [1.54, 1.807) is 24.7 Å². The predicted octanol–water partition coefficient (Wildman–Crippen LogP) is 7.45. The minimum absolute atomic E-state index is 0.249. The fraction of sp³-hybridized carbons (Fsp3) is 0.0769. The smallest absolute Gasteiger partial charge is 0.131 e. The van der Waals surface area contributed by atoms with E-state index < -0.39 is 0 Å². The minimum Gasteiger partial charge on any atom is -0.472 e. The van der Waals surface area contributed by atoms with Crippen LogP contribution in [-0.4, -0.2) is 0 Å². The van der Waals surface area contributed by atoms with E-state index in [4.69, 9.17) is 4.42 Å². The highest BCUT2D eigenvalue weighted by Gasteiger charge is 2.15. The van der Waals surface area contributed by atoms with E-state index >= 15 is 0 Å². The Labute approximate surface area is 164 Å². The topological polar surface area (TPSA) is 13.1 Å². The molecule has 0 fully saturated rings. The van der Waals surface area contributed by atoms with Gasteiger partial charge in [-0.15, -0.1) is 0 Å². The van der Waals surface area contributed by atoms with Crippen molar-refractivity contribution in [2.75, 3.05) is 0 Å². The maximum Gasteiger partial charge on any atom is 0.131 e. The molecule has 28 heavy (non-hydrogen) atoms. The molecule has 0 aliphatic heterocycles. The molecule has 138 valence electrons. The number of hydrogen-bond donors (Lipinski definition) is 0. The molecule has 0 N–H and O–H groups in total. The first-order valence-electron chi connectivity index (χ1n) is 9.44. The van der Waals surface area contributed by atoms with Gasteiger partial charge >= 0.3 is 0 Å².